The van der Waals surface area contributed by atoms with Crippen LogP contribution in [0.4, 0.5) is 0 Å². The van der Waals surface area contributed by atoms with Gasteiger partial charge in [0.25, 0.3) is 0 Å². The second-order valence-electron chi connectivity index (χ2n) is 7.25. The van der Waals surface area contributed by atoms with Crippen LogP contribution in [-0.4, -0.2) is 12.6 Å². The summed E-state index contributed by atoms with van der Waals surface area (Å²) in [5.74, 6) is 1.78. The summed E-state index contributed by atoms with van der Waals surface area (Å²) < 4.78 is 16.7. The average molecular weight is 368 g/mol. The van der Waals surface area contributed by atoms with Gasteiger partial charge >= 0.3 is 5.63 Å². The van der Waals surface area contributed by atoms with Crippen LogP contribution in [-0.2, 0) is 13.1 Å². The normalized spacial score (nSPS) is 16.0. The van der Waals surface area contributed by atoms with Crippen LogP contribution >= 0.6 is 0 Å². The molecule has 1 aliphatic rings. The van der Waals surface area contributed by atoms with Crippen LogP contribution in [0.3, 0.4) is 0 Å². The fraction of sp³-hybridized carbons (Fsp3) is 0.409. The number of nitrogens with one attached hydrogen (secondary N) is 1. The number of rotatable bonds is 7. The Hall–Kier alpha value is -2.53. The Bertz CT molecular complexity index is 939. The van der Waals surface area contributed by atoms with Gasteiger partial charge in [0.1, 0.15) is 24.4 Å². The zero-order valence-corrected chi connectivity index (χ0v) is 15.7. The fourth-order valence-electron chi connectivity index (χ4n) is 4.18. The summed E-state index contributed by atoms with van der Waals surface area (Å²) in [4.78, 5) is 13.5. The van der Waals surface area contributed by atoms with E-state index < -0.39 is 0 Å². The first-order valence-corrected chi connectivity index (χ1v) is 9.79. The van der Waals surface area contributed by atoms with Crippen LogP contribution < -0.4 is 15.3 Å². The molecule has 0 saturated heterocycles. The van der Waals surface area contributed by atoms with E-state index in [9.17, 15) is 4.79 Å². The molecule has 2 heterocycles. The Kier molecular flexibility index (Phi) is 5.30. The SMILES string of the molecule is CCOc1ccc2oc(=O)cc(C[NH+](Cc3ccco3)C3CCCC3)c2c1. The maximum Gasteiger partial charge on any atom is 0.336 e. The summed E-state index contributed by atoms with van der Waals surface area (Å²) in [5.41, 5.74) is 1.33. The van der Waals surface area contributed by atoms with Crippen LogP contribution in [0.5, 0.6) is 5.75 Å². The molecule has 0 bridgehead atoms. The van der Waals surface area contributed by atoms with Crippen molar-refractivity contribution < 1.29 is 18.5 Å². The zero-order chi connectivity index (χ0) is 18.6. The average Bonchev–Trinajstić information content (AvgIpc) is 3.35. The Labute approximate surface area is 158 Å². The van der Waals surface area contributed by atoms with E-state index >= 15 is 0 Å². The van der Waals surface area contributed by atoms with Crippen LogP contribution in [0.2, 0.25) is 0 Å². The predicted molar refractivity (Wildman–Crippen MR) is 103 cm³/mol. The third kappa shape index (κ3) is 4.08. The summed E-state index contributed by atoms with van der Waals surface area (Å²) in [6.07, 6.45) is 6.72. The highest BCUT2D eigenvalue weighted by atomic mass is 16.5. The van der Waals surface area contributed by atoms with E-state index in [1.54, 1.807) is 12.3 Å². The van der Waals surface area contributed by atoms with E-state index in [4.69, 9.17) is 13.6 Å². The van der Waals surface area contributed by atoms with E-state index in [-0.39, 0.29) is 5.63 Å². The van der Waals surface area contributed by atoms with Gasteiger partial charge in [0.2, 0.25) is 0 Å². The van der Waals surface area contributed by atoms with E-state index in [0.717, 1.165) is 35.5 Å². The van der Waals surface area contributed by atoms with Crippen molar-refractivity contribution in [2.45, 2.75) is 51.7 Å². The number of quaternary nitrogens is 1. The molecule has 0 spiro atoms. The molecule has 1 aromatic carbocycles. The number of hydrogen-bond acceptors (Lipinski definition) is 4. The molecule has 4 rings (SSSR count). The van der Waals surface area contributed by atoms with Crippen molar-refractivity contribution in [3.8, 4) is 5.75 Å². The molecule has 5 nitrogen and oxygen atoms in total. The van der Waals surface area contributed by atoms with Crippen LogP contribution in [0, 0.1) is 0 Å². The lowest BCUT2D eigenvalue weighted by atomic mass is 10.1. The Morgan fingerprint density at radius 2 is 2.00 bits per heavy atom. The Balaban J connectivity index is 1.69. The monoisotopic (exact) mass is 368 g/mol. The number of furan rings is 1. The van der Waals surface area contributed by atoms with Gasteiger partial charge in [0.15, 0.2) is 5.76 Å². The predicted octanol–water partition coefficient (Wildman–Crippen LogP) is 3.31. The van der Waals surface area contributed by atoms with Gasteiger partial charge in [-0.25, -0.2) is 4.79 Å². The van der Waals surface area contributed by atoms with Crippen molar-refractivity contribution in [1.29, 1.82) is 0 Å². The largest absolute Gasteiger partial charge is 0.494 e. The maximum atomic E-state index is 12.1. The highest BCUT2D eigenvalue weighted by Gasteiger charge is 2.28. The molecular formula is C22H26NO4+. The van der Waals surface area contributed by atoms with Gasteiger partial charge in [-0.1, -0.05) is 0 Å². The van der Waals surface area contributed by atoms with E-state index in [0.29, 0.717) is 18.2 Å². The molecular weight excluding hydrogens is 342 g/mol. The lowest BCUT2D eigenvalue weighted by molar-refractivity contribution is -0.952. The van der Waals surface area contributed by atoms with E-state index in [2.05, 4.69) is 0 Å². The van der Waals surface area contributed by atoms with Crippen molar-refractivity contribution in [3.05, 3.63) is 64.4 Å². The third-order valence-electron chi connectivity index (χ3n) is 5.44. The fourth-order valence-corrected chi connectivity index (χ4v) is 4.18. The Morgan fingerprint density at radius 1 is 1.15 bits per heavy atom. The molecule has 5 heteroatoms. The first-order chi connectivity index (χ1) is 13.2. The number of benzene rings is 1. The minimum Gasteiger partial charge on any atom is -0.494 e. The van der Waals surface area contributed by atoms with Gasteiger partial charge in [0, 0.05) is 17.0 Å². The molecule has 2 aromatic heterocycles. The van der Waals surface area contributed by atoms with Gasteiger partial charge in [-0.2, -0.15) is 0 Å². The van der Waals surface area contributed by atoms with Gasteiger partial charge < -0.3 is 18.5 Å². The molecule has 1 saturated carbocycles. The van der Waals surface area contributed by atoms with Crippen molar-refractivity contribution in [2.75, 3.05) is 6.61 Å². The number of fused-ring (bicyclic) bond motifs is 1. The van der Waals surface area contributed by atoms with Gasteiger partial charge in [0.05, 0.1) is 18.9 Å². The van der Waals surface area contributed by atoms with E-state index in [1.165, 1.54) is 30.6 Å². The van der Waals surface area contributed by atoms with Crippen molar-refractivity contribution in [2.24, 2.45) is 0 Å². The van der Waals surface area contributed by atoms with Crippen LogP contribution in [0.1, 0.15) is 43.9 Å². The molecule has 27 heavy (non-hydrogen) atoms. The molecule has 1 fully saturated rings. The summed E-state index contributed by atoms with van der Waals surface area (Å²) >= 11 is 0. The Morgan fingerprint density at radius 3 is 2.74 bits per heavy atom. The van der Waals surface area contributed by atoms with E-state index in [1.807, 2.05) is 37.3 Å². The smallest absolute Gasteiger partial charge is 0.336 e. The highest BCUT2D eigenvalue weighted by molar-refractivity contribution is 5.81. The molecule has 1 aliphatic carbocycles. The summed E-state index contributed by atoms with van der Waals surface area (Å²) in [7, 11) is 0. The third-order valence-corrected chi connectivity index (χ3v) is 5.44. The second-order valence-corrected chi connectivity index (χ2v) is 7.25. The molecule has 142 valence electrons. The molecule has 1 atom stereocenters. The quantitative estimate of drug-likeness (QED) is 0.650. The van der Waals surface area contributed by atoms with Crippen molar-refractivity contribution in [3.63, 3.8) is 0 Å². The summed E-state index contributed by atoms with van der Waals surface area (Å²) in [5, 5.41) is 0.954. The molecule has 0 aliphatic heterocycles. The first kappa shape index (κ1) is 17.9. The first-order valence-electron chi connectivity index (χ1n) is 9.79. The minimum atomic E-state index is -0.301. The van der Waals surface area contributed by atoms with Crippen LogP contribution in [0.25, 0.3) is 11.0 Å². The lowest BCUT2D eigenvalue weighted by Gasteiger charge is -2.25. The highest BCUT2D eigenvalue weighted by Crippen LogP contribution is 2.23. The summed E-state index contributed by atoms with van der Waals surface area (Å²) in [6, 6.07) is 11.8. The van der Waals surface area contributed by atoms with Crippen LogP contribution in [0.15, 0.2) is 56.3 Å². The molecule has 3 aromatic rings. The topological polar surface area (TPSA) is 57.0 Å². The number of ether oxygens (including phenoxy) is 1. The molecule has 0 radical (unpaired) electrons. The number of hydrogen-bond donors (Lipinski definition) is 1. The van der Waals surface area contributed by atoms with Gasteiger partial charge in [-0.15, -0.1) is 0 Å². The van der Waals surface area contributed by atoms with Crippen molar-refractivity contribution in [1.82, 2.24) is 0 Å². The molecule has 1 unspecified atom stereocenters. The lowest BCUT2D eigenvalue weighted by Crippen LogP contribution is -3.13. The van der Waals surface area contributed by atoms with Gasteiger partial charge in [-0.3, -0.25) is 0 Å². The zero-order valence-electron chi connectivity index (χ0n) is 15.7. The molecule has 1 N–H and O–H groups in total. The maximum absolute atomic E-state index is 12.1. The van der Waals surface area contributed by atoms with Crippen molar-refractivity contribution >= 4 is 11.0 Å². The summed E-state index contributed by atoms with van der Waals surface area (Å²) in [6.45, 7) is 4.16. The molecule has 0 amide bonds. The standard InChI is InChI=1S/C22H25NO4/c1-2-25-18-9-10-21-20(13-18)16(12-22(24)27-21)14-23(17-6-3-4-7-17)15-19-8-5-11-26-19/h5,8-13,17H,2-4,6-7,14-15H2,1H3/p+1. The minimum absolute atomic E-state index is 0.301. The van der Waals surface area contributed by atoms with Gasteiger partial charge in [-0.05, 0) is 62.9 Å². The second kappa shape index (κ2) is 8.01.